The number of para-hydroxylation sites is 1. The third kappa shape index (κ3) is 2.91. The Labute approximate surface area is 121 Å². The van der Waals surface area contributed by atoms with Crippen molar-refractivity contribution in [1.82, 2.24) is 0 Å². The molecule has 6 heteroatoms. The first kappa shape index (κ1) is 14.3. The molecule has 0 amide bonds. The second kappa shape index (κ2) is 5.92. The molecule has 106 valence electrons. The first-order valence-electron chi connectivity index (χ1n) is 6.14. The van der Waals surface area contributed by atoms with E-state index in [0.29, 0.717) is 12.2 Å². The van der Waals surface area contributed by atoms with Crippen molar-refractivity contribution >= 4 is 22.7 Å². The maximum Gasteiger partial charge on any atom is 0.333 e. The van der Waals surface area contributed by atoms with Crippen LogP contribution in [-0.4, -0.2) is 12.0 Å². The summed E-state index contributed by atoms with van der Waals surface area (Å²) in [6, 6.07) is 7.11. The highest BCUT2D eigenvalue weighted by atomic mass is 32.1. The van der Waals surface area contributed by atoms with E-state index >= 15 is 0 Å². The number of nitro groups is 1. The fourth-order valence-corrected chi connectivity index (χ4v) is 2.93. The van der Waals surface area contributed by atoms with E-state index in [2.05, 4.69) is 25.2 Å². The highest BCUT2D eigenvalue weighted by Gasteiger charge is 2.20. The highest BCUT2D eigenvalue weighted by Crippen LogP contribution is 2.35. The van der Waals surface area contributed by atoms with Crippen LogP contribution in [0.1, 0.15) is 15.3 Å². The van der Waals surface area contributed by atoms with Crippen LogP contribution in [0.5, 0.6) is 5.75 Å². The molecule has 0 aliphatic rings. The van der Waals surface area contributed by atoms with Gasteiger partial charge in [0.15, 0.2) is 5.75 Å². The maximum atomic E-state index is 11.2. The number of rotatable bonds is 5. The molecule has 1 N–H and O–H groups in total. The standard InChI is InChI=1S/C14H16N2O3S/c1-9-7-11(20-10(9)2)8-15-12-5-4-6-13(19-3)14(12)16(17)18/h4-7,15H,8H2,1-3H3. The number of hydrogen-bond donors (Lipinski definition) is 1. The van der Waals surface area contributed by atoms with Gasteiger partial charge in [-0.1, -0.05) is 6.07 Å². The number of aryl methyl sites for hydroxylation is 2. The molecule has 2 rings (SSSR count). The van der Waals surface area contributed by atoms with Crippen molar-refractivity contribution in [3.63, 3.8) is 0 Å². The van der Waals surface area contributed by atoms with E-state index in [9.17, 15) is 10.1 Å². The molecule has 0 spiro atoms. The third-order valence-corrected chi connectivity index (χ3v) is 4.22. The van der Waals surface area contributed by atoms with Crippen molar-refractivity contribution in [2.24, 2.45) is 0 Å². The summed E-state index contributed by atoms with van der Waals surface area (Å²) in [6.45, 7) is 4.69. The number of nitrogens with one attached hydrogen (secondary N) is 1. The summed E-state index contributed by atoms with van der Waals surface area (Å²) in [6.07, 6.45) is 0. The smallest absolute Gasteiger partial charge is 0.333 e. The SMILES string of the molecule is COc1cccc(NCc2cc(C)c(C)s2)c1[N+](=O)[O-]. The van der Waals surface area contributed by atoms with Crippen LogP contribution in [0.4, 0.5) is 11.4 Å². The lowest BCUT2D eigenvalue weighted by molar-refractivity contribution is -0.384. The Morgan fingerprint density at radius 3 is 2.70 bits per heavy atom. The van der Waals surface area contributed by atoms with Gasteiger partial charge in [-0.3, -0.25) is 10.1 Å². The first-order valence-corrected chi connectivity index (χ1v) is 6.95. The quantitative estimate of drug-likeness (QED) is 0.670. The van der Waals surface area contributed by atoms with E-state index in [0.717, 1.165) is 4.88 Å². The molecule has 5 nitrogen and oxygen atoms in total. The average molecular weight is 292 g/mol. The Balaban J connectivity index is 2.23. The first-order chi connectivity index (χ1) is 9.52. The van der Waals surface area contributed by atoms with Gasteiger partial charge >= 0.3 is 5.69 Å². The lowest BCUT2D eigenvalue weighted by atomic mass is 10.2. The summed E-state index contributed by atoms with van der Waals surface area (Å²) in [4.78, 5) is 13.2. The summed E-state index contributed by atoms with van der Waals surface area (Å²) in [5.74, 6) is 0.263. The van der Waals surface area contributed by atoms with Gasteiger partial charge in [0.2, 0.25) is 0 Å². The van der Waals surface area contributed by atoms with Gasteiger partial charge in [-0.05, 0) is 37.6 Å². The molecule has 1 heterocycles. The second-order valence-electron chi connectivity index (χ2n) is 4.42. The van der Waals surface area contributed by atoms with Crippen molar-refractivity contribution in [2.45, 2.75) is 20.4 Å². The van der Waals surface area contributed by atoms with Gasteiger partial charge in [-0.25, -0.2) is 0 Å². The largest absolute Gasteiger partial charge is 0.490 e. The Morgan fingerprint density at radius 1 is 1.40 bits per heavy atom. The van der Waals surface area contributed by atoms with Gasteiger partial charge in [-0.2, -0.15) is 0 Å². The normalized spacial score (nSPS) is 10.3. The number of nitro benzene ring substituents is 1. The topological polar surface area (TPSA) is 64.4 Å². The highest BCUT2D eigenvalue weighted by molar-refractivity contribution is 7.12. The van der Waals surface area contributed by atoms with Gasteiger partial charge in [-0.15, -0.1) is 11.3 Å². The van der Waals surface area contributed by atoms with E-state index in [1.165, 1.54) is 17.6 Å². The van der Waals surface area contributed by atoms with Crippen molar-refractivity contribution in [1.29, 1.82) is 0 Å². The molecule has 1 aromatic heterocycles. The zero-order chi connectivity index (χ0) is 14.7. The fourth-order valence-electron chi connectivity index (χ4n) is 1.94. The molecular weight excluding hydrogens is 276 g/mol. The zero-order valence-corrected chi connectivity index (χ0v) is 12.4. The molecule has 0 unspecified atom stereocenters. The molecule has 0 aliphatic carbocycles. The van der Waals surface area contributed by atoms with E-state index in [1.54, 1.807) is 29.5 Å². The molecule has 0 bridgehead atoms. The number of benzene rings is 1. The Morgan fingerprint density at radius 2 is 2.15 bits per heavy atom. The van der Waals surface area contributed by atoms with Crippen LogP contribution < -0.4 is 10.1 Å². The van der Waals surface area contributed by atoms with E-state index < -0.39 is 4.92 Å². The Kier molecular flexibility index (Phi) is 4.24. The van der Waals surface area contributed by atoms with E-state index in [1.807, 2.05) is 0 Å². The van der Waals surface area contributed by atoms with Crippen LogP contribution in [0, 0.1) is 24.0 Å². The monoisotopic (exact) mass is 292 g/mol. The molecule has 2 aromatic rings. The summed E-state index contributed by atoms with van der Waals surface area (Å²) in [5, 5.41) is 14.3. The molecule has 0 atom stereocenters. The average Bonchev–Trinajstić information content (AvgIpc) is 2.74. The molecule has 0 saturated carbocycles. The number of thiophene rings is 1. The summed E-state index contributed by atoms with van der Waals surface area (Å²) in [7, 11) is 1.43. The van der Waals surface area contributed by atoms with Gasteiger partial charge in [0, 0.05) is 16.3 Å². The predicted octanol–water partition coefficient (Wildman–Crippen LogP) is 3.89. The van der Waals surface area contributed by atoms with Crippen molar-refractivity contribution in [3.8, 4) is 5.75 Å². The van der Waals surface area contributed by atoms with E-state index in [-0.39, 0.29) is 11.4 Å². The van der Waals surface area contributed by atoms with Crippen LogP contribution >= 0.6 is 11.3 Å². The van der Waals surface area contributed by atoms with Gasteiger partial charge in [0.1, 0.15) is 5.69 Å². The molecular formula is C14H16N2O3S. The third-order valence-electron chi connectivity index (χ3n) is 3.07. The fraction of sp³-hybridized carbons (Fsp3) is 0.286. The van der Waals surface area contributed by atoms with Crippen LogP contribution in [-0.2, 0) is 6.54 Å². The van der Waals surface area contributed by atoms with Crippen molar-refractivity contribution in [3.05, 3.63) is 49.7 Å². The molecule has 0 aliphatic heterocycles. The molecule has 20 heavy (non-hydrogen) atoms. The molecule has 1 aromatic carbocycles. The lowest BCUT2D eigenvalue weighted by Crippen LogP contribution is -2.03. The Hall–Kier alpha value is -2.08. The Bertz CT molecular complexity index is 618. The lowest BCUT2D eigenvalue weighted by Gasteiger charge is -2.08. The number of anilines is 1. The summed E-state index contributed by atoms with van der Waals surface area (Å²) >= 11 is 1.69. The minimum Gasteiger partial charge on any atom is -0.490 e. The van der Waals surface area contributed by atoms with Gasteiger partial charge in [0.25, 0.3) is 0 Å². The van der Waals surface area contributed by atoms with Crippen LogP contribution in [0.15, 0.2) is 24.3 Å². The predicted molar refractivity (Wildman–Crippen MR) is 80.8 cm³/mol. The number of ether oxygens (including phenoxy) is 1. The summed E-state index contributed by atoms with van der Waals surface area (Å²) < 4.78 is 5.04. The number of methoxy groups -OCH3 is 1. The van der Waals surface area contributed by atoms with Gasteiger partial charge < -0.3 is 10.1 Å². The van der Waals surface area contributed by atoms with Crippen molar-refractivity contribution < 1.29 is 9.66 Å². The second-order valence-corrected chi connectivity index (χ2v) is 5.76. The van der Waals surface area contributed by atoms with Crippen LogP contribution in [0.2, 0.25) is 0 Å². The summed E-state index contributed by atoms with van der Waals surface area (Å²) in [5.41, 5.74) is 1.69. The molecule has 0 fully saturated rings. The van der Waals surface area contributed by atoms with Gasteiger partial charge in [0.05, 0.1) is 12.0 Å². The van der Waals surface area contributed by atoms with Crippen molar-refractivity contribution in [2.75, 3.05) is 12.4 Å². The number of hydrogen-bond acceptors (Lipinski definition) is 5. The molecule has 0 saturated heterocycles. The van der Waals surface area contributed by atoms with E-state index in [4.69, 9.17) is 4.74 Å². The molecule has 0 radical (unpaired) electrons. The maximum absolute atomic E-state index is 11.2. The minimum absolute atomic E-state index is 0.0278. The zero-order valence-electron chi connectivity index (χ0n) is 11.6. The van der Waals surface area contributed by atoms with Crippen LogP contribution in [0.25, 0.3) is 0 Å². The number of nitrogens with zero attached hydrogens (tertiary/aromatic N) is 1. The minimum atomic E-state index is -0.425. The van der Waals surface area contributed by atoms with Crippen LogP contribution in [0.3, 0.4) is 0 Å².